The minimum atomic E-state index is -0.0731. The third-order valence-electron chi connectivity index (χ3n) is 6.06. The van der Waals surface area contributed by atoms with Crippen molar-refractivity contribution >= 4 is 24.2 Å². The van der Waals surface area contributed by atoms with Gasteiger partial charge in [0.25, 0.3) is 5.91 Å². The topological polar surface area (TPSA) is 61.9 Å². The van der Waals surface area contributed by atoms with E-state index in [4.69, 9.17) is 4.74 Å². The first-order valence-electron chi connectivity index (χ1n) is 10.2. The third kappa shape index (κ3) is 4.97. The molecule has 2 amide bonds. The molecule has 0 aliphatic carbocycles. The van der Waals surface area contributed by atoms with Crippen LogP contribution in [0.5, 0.6) is 5.75 Å². The van der Waals surface area contributed by atoms with Crippen LogP contribution in [0.2, 0.25) is 0 Å². The number of nitrogens with one attached hydrogen (secondary N) is 1. The largest absolute Gasteiger partial charge is 0.484 e. The van der Waals surface area contributed by atoms with Gasteiger partial charge in [0.1, 0.15) is 5.75 Å². The molecule has 28 heavy (non-hydrogen) atoms. The van der Waals surface area contributed by atoms with Crippen LogP contribution in [-0.4, -0.2) is 66.5 Å². The SMILES string of the molecule is Cl.O=C(COc1ccccc1)N1CCCC(C(=O)N2CCC3CCC(C2)N3)C1. The van der Waals surface area contributed by atoms with Crippen LogP contribution in [0.1, 0.15) is 32.1 Å². The highest BCUT2D eigenvalue weighted by Crippen LogP contribution is 2.24. The smallest absolute Gasteiger partial charge is 0.260 e. The Balaban J connectivity index is 0.00000225. The molecule has 3 aliphatic heterocycles. The van der Waals surface area contributed by atoms with E-state index in [0.717, 1.165) is 32.4 Å². The van der Waals surface area contributed by atoms with Gasteiger partial charge in [-0.15, -0.1) is 12.4 Å². The first-order valence-corrected chi connectivity index (χ1v) is 10.2. The molecule has 6 nitrogen and oxygen atoms in total. The second-order valence-corrected chi connectivity index (χ2v) is 7.99. The molecule has 3 heterocycles. The van der Waals surface area contributed by atoms with Crippen LogP contribution < -0.4 is 10.1 Å². The number of hydrogen-bond acceptors (Lipinski definition) is 4. The Labute approximate surface area is 173 Å². The van der Waals surface area contributed by atoms with Crippen molar-refractivity contribution < 1.29 is 14.3 Å². The van der Waals surface area contributed by atoms with Crippen LogP contribution in [0.4, 0.5) is 0 Å². The van der Waals surface area contributed by atoms with E-state index in [1.165, 1.54) is 12.8 Å². The van der Waals surface area contributed by atoms with Crippen molar-refractivity contribution in [1.82, 2.24) is 15.1 Å². The van der Waals surface area contributed by atoms with E-state index in [1.54, 1.807) is 4.90 Å². The molecule has 0 saturated carbocycles. The van der Waals surface area contributed by atoms with Crippen LogP contribution in [0, 0.1) is 5.92 Å². The quantitative estimate of drug-likeness (QED) is 0.830. The second kappa shape index (κ2) is 9.61. The lowest BCUT2D eigenvalue weighted by Crippen LogP contribution is -2.49. The Morgan fingerprint density at radius 2 is 1.75 bits per heavy atom. The van der Waals surface area contributed by atoms with Gasteiger partial charge in [-0.1, -0.05) is 18.2 Å². The zero-order valence-corrected chi connectivity index (χ0v) is 17.0. The minimum absolute atomic E-state index is 0. The molecule has 3 unspecified atom stereocenters. The average molecular weight is 408 g/mol. The summed E-state index contributed by atoms with van der Waals surface area (Å²) in [5, 5.41) is 3.62. The number of benzene rings is 1. The molecule has 3 atom stereocenters. The van der Waals surface area contributed by atoms with Gasteiger partial charge in [0.05, 0.1) is 5.92 Å². The molecule has 7 heteroatoms. The summed E-state index contributed by atoms with van der Waals surface area (Å²) in [5.41, 5.74) is 0. The van der Waals surface area contributed by atoms with Gasteiger partial charge >= 0.3 is 0 Å². The molecule has 1 aromatic carbocycles. The number of ether oxygens (including phenoxy) is 1. The number of halogens is 1. The predicted octanol–water partition coefficient (Wildman–Crippen LogP) is 2.08. The number of carbonyl (C=O) groups is 2. The Morgan fingerprint density at radius 1 is 0.964 bits per heavy atom. The van der Waals surface area contributed by atoms with E-state index in [1.807, 2.05) is 35.2 Å². The average Bonchev–Trinajstić information content (AvgIpc) is 3.05. The summed E-state index contributed by atoms with van der Waals surface area (Å²) in [6.45, 7) is 2.93. The summed E-state index contributed by atoms with van der Waals surface area (Å²) >= 11 is 0. The zero-order chi connectivity index (χ0) is 18.6. The lowest BCUT2D eigenvalue weighted by molar-refractivity contribution is -0.142. The van der Waals surface area contributed by atoms with Gasteiger partial charge in [0, 0.05) is 38.3 Å². The number of carbonyl (C=O) groups excluding carboxylic acids is 2. The second-order valence-electron chi connectivity index (χ2n) is 7.99. The molecule has 3 aliphatic rings. The van der Waals surface area contributed by atoms with Crippen LogP contribution in [-0.2, 0) is 9.59 Å². The Hall–Kier alpha value is -1.79. The van der Waals surface area contributed by atoms with Crippen molar-refractivity contribution in [3.8, 4) is 5.75 Å². The van der Waals surface area contributed by atoms with E-state index in [9.17, 15) is 9.59 Å². The molecule has 3 fully saturated rings. The first-order chi connectivity index (χ1) is 13.2. The molecule has 0 radical (unpaired) electrons. The fourth-order valence-electron chi connectivity index (χ4n) is 4.56. The fourth-order valence-corrected chi connectivity index (χ4v) is 4.56. The number of nitrogens with zero attached hydrogens (tertiary/aromatic N) is 2. The molecular formula is C21H30ClN3O3. The van der Waals surface area contributed by atoms with Crippen LogP contribution >= 0.6 is 12.4 Å². The summed E-state index contributed by atoms with van der Waals surface area (Å²) in [6.07, 6.45) is 5.20. The maximum Gasteiger partial charge on any atom is 0.260 e. The van der Waals surface area contributed by atoms with Crippen LogP contribution in [0.25, 0.3) is 0 Å². The molecule has 3 saturated heterocycles. The molecule has 1 N–H and O–H groups in total. The standard InChI is InChI=1S/C21H29N3O3.ClH/c25-20(15-27-19-6-2-1-3-7-19)23-11-4-5-16(13-23)21(26)24-12-10-17-8-9-18(14-24)22-17;/h1-3,6-7,16-18,22H,4-5,8-15H2;1H. The number of likely N-dealkylation sites (tertiary alicyclic amines) is 2. The summed E-state index contributed by atoms with van der Waals surface area (Å²) in [4.78, 5) is 29.4. The number of fused-ring (bicyclic) bond motifs is 2. The highest BCUT2D eigenvalue weighted by molar-refractivity contribution is 5.85. The number of piperidine rings is 1. The van der Waals surface area contributed by atoms with Gasteiger partial charge in [-0.25, -0.2) is 0 Å². The molecule has 4 rings (SSSR count). The van der Waals surface area contributed by atoms with Gasteiger partial charge in [-0.3, -0.25) is 9.59 Å². The maximum absolute atomic E-state index is 13.1. The summed E-state index contributed by atoms with van der Waals surface area (Å²) in [5.74, 6) is 0.817. The van der Waals surface area contributed by atoms with Gasteiger partial charge in [-0.05, 0) is 44.2 Å². The van der Waals surface area contributed by atoms with Gasteiger partial charge in [-0.2, -0.15) is 0 Å². The number of rotatable bonds is 4. The Kier molecular flexibility index (Phi) is 7.18. The summed E-state index contributed by atoms with van der Waals surface area (Å²) < 4.78 is 5.59. The molecule has 2 bridgehead atoms. The Morgan fingerprint density at radius 3 is 2.57 bits per heavy atom. The molecule has 0 aromatic heterocycles. The highest BCUT2D eigenvalue weighted by atomic mass is 35.5. The van der Waals surface area contributed by atoms with Crippen molar-refractivity contribution in [2.75, 3.05) is 32.8 Å². The minimum Gasteiger partial charge on any atom is -0.484 e. The number of hydrogen-bond donors (Lipinski definition) is 1. The first kappa shape index (κ1) is 20.9. The van der Waals surface area contributed by atoms with Crippen molar-refractivity contribution in [3.63, 3.8) is 0 Å². The van der Waals surface area contributed by atoms with Crippen molar-refractivity contribution in [2.45, 2.75) is 44.2 Å². The lowest BCUT2D eigenvalue weighted by Gasteiger charge is -2.35. The molecular weight excluding hydrogens is 378 g/mol. The molecule has 0 spiro atoms. The summed E-state index contributed by atoms with van der Waals surface area (Å²) in [6, 6.07) is 10.4. The van der Waals surface area contributed by atoms with Gasteiger partial charge in [0.15, 0.2) is 6.61 Å². The highest BCUT2D eigenvalue weighted by Gasteiger charge is 2.35. The fraction of sp³-hybridized carbons (Fsp3) is 0.619. The zero-order valence-electron chi connectivity index (χ0n) is 16.2. The van der Waals surface area contributed by atoms with Crippen molar-refractivity contribution in [2.24, 2.45) is 5.92 Å². The maximum atomic E-state index is 13.1. The summed E-state index contributed by atoms with van der Waals surface area (Å²) in [7, 11) is 0. The molecule has 1 aromatic rings. The van der Waals surface area contributed by atoms with Crippen LogP contribution in [0.15, 0.2) is 30.3 Å². The van der Waals surface area contributed by atoms with E-state index >= 15 is 0 Å². The van der Waals surface area contributed by atoms with Gasteiger partial charge in [0.2, 0.25) is 5.91 Å². The third-order valence-corrected chi connectivity index (χ3v) is 6.06. The predicted molar refractivity (Wildman–Crippen MR) is 110 cm³/mol. The van der Waals surface area contributed by atoms with E-state index in [-0.39, 0.29) is 36.7 Å². The monoisotopic (exact) mass is 407 g/mol. The van der Waals surface area contributed by atoms with Crippen molar-refractivity contribution in [3.05, 3.63) is 30.3 Å². The van der Waals surface area contributed by atoms with Gasteiger partial charge < -0.3 is 19.9 Å². The van der Waals surface area contributed by atoms with E-state index < -0.39 is 0 Å². The van der Waals surface area contributed by atoms with E-state index in [0.29, 0.717) is 30.9 Å². The number of para-hydroxylation sites is 1. The normalized spacial score (nSPS) is 26.9. The van der Waals surface area contributed by atoms with Crippen molar-refractivity contribution in [1.29, 1.82) is 0 Å². The van der Waals surface area contributed by atoms with E-state index in [2.05, 4.69) is 5.32 Å². The Bertz CT molecular complexity index is 672. The lowest BCUT2D eigenvalue weighted by atomic mass is 9.95. The molecule has 154 valence electrons. The van der Waals surface area contributed by atoms with Crippen LogP contribution in [0.3, 0.4) is 0 Å². The number of amides is 2.